The molecule has 2 heterocycles. The number of carboxylic acids is 2. The summed E-state index contributed by atoms with van der Waals surface area (Å²) in [7, 11) is 2.79. The van der Waals surface area contributed by atoms with Crippen LogP contribution in [-0.2, 0) is 25.9 Å². The molecule has 266 valence electrons. The molecule has 14 heteroatoms. The molecule has 0 aliphatic heterocycles. The summed E-state index contributed by atoms with van der Waals surface area (Å²) in [5.74, 6) is -2.85. The molecule has 0 aliphatic rings. The van der Waals surface area contributed by atoms with Crippen molar-refractivity contribution >= 4 is 45.8 Å². The molecule has 0 fully saturated rings. The third-order valence-electron chi connectivity index (χ3n) is 9.21. The summed E-state index contributed by atoms with van der Waals surface area (Å²) in [5, 5.41) is 20.6. The van der Waals surface area contributed by atoms with E-state index < -0.39 is 23.8 Å². The first kappa shape index (κ1) is 35.1. The Bertz CT molecular complexity index is 2270. The zero-order chi connectivity index (χ0) is 37.4. The van der Waals surface area contributed by atoms with Gasteiger partial charge in [-0.3, -0.25) is 9.59 Å². The number of nitrogens with two attached hydrogens (primary N) is 2. The van der Waals surface area contributed by atoms with Crippen molar-refractivity contribution in [2.45, 2.75) is 39.8 Å². The highest BCUT2D eigenvalue weighted by atomic mass is 16.5. The minimum Gasteiger partial charge on any atom is -0.494 e. The van der Waals surface area contributed by atoms with Gasteiger partial charge in [0.05, 0.1) is 47.5 Å². The predicted octanol–water partition coefficient (Wildman–Crippen LogP) is 5.16. The minimum absolute atomic E-state index is 0.0328. The van der Waals surface area contributed by atoms with Gasteiger partial charge in [0.2, 0.25) is 0 Å². The Labute approximate surface area is 297 Å². The normalized spacial score (nSPS) is 11.2. The number of methoxy groups -OCH3 is 2. The van der Waals surface area contributed by atoms with E-state index in [1.807, 2.05) is 35.1 Å². The molecule has 0 saturated heterocycles. The monoisotopic (exact) mass is 704 g/mol. The van der Waals surface area contributed by atoms with Crippen molar-refractivity contribution in [3.8, 4) is 34.3 Å². The summed E-state index contributed by atoms with van der Waals surface area (Å²) in [6.07, 6.45) is 0.987. The van der Waals surface area contributed by atoms with Crippen LogP contribution in [-0.4, -0.2) is 67.3 Å². The molecule has 0 unspecified atom stereocenters. The van der Waals surface area contributed by atoms with Crippen LogP contribution in [0.25, 0.3) is 44.8 Å². The van der Waals surface area contributed by atoms with Crippen molar-refractivity contribution < 1.29 is 38.9 Å². The maximum absolute atomic E-state index is 12.6. The molecule has 6 aromatic rings. The van der Waals surface area contributed by atoms with Crippen molar-refractivity contribution in [1.29, 1.82) is 0 Å². The summed E-state index contributed by atoms with van der Waals surface area (Å²) in [4.78, 5) is 59.8. The number of fused-ring (bicyclic) bond motifs is 2. The molecule has 0 aliphatic carbocycles. The van der Waals surface area contributed by atoms with E-state index >= 15 is 0 Å². The van der Waals surface area contributed by atoms with E-state index in [-0.39, 0.29) is 46.8 Å². The van der Waals surface area contributed by atoms with Crippen LogP contribution < -0.4 is 20.9 Å². The molecule has 14 nitrogen and oxygen atoms in total. The van der Waals surface area contributed by atoms with Gasteiger partial charge in [-0.1, -0.05) is 38.1 Å². The molecule has 0 saturated carbocycles. The van der Waals surface area contributed by atoms with Crippen molar-refractivity contribution in [3.63, 3.8) is 0 Å². The fraction of sp³-hybridized carbons (Fsp3) is 0.211. The maximum Gasteiger partial charge on any atom is 0.336 e. The third-order valence-corrected chi connectivity index (χ3v) is 9.21. The Morgan fingerprint density at radius 1 is 0.615 bits per heavy atom. The van der Waals surface area contributed by atoms with Crippen molar-refractivity contribution in [2.24, 2.45) is 11.5 Å². The summed E-state index contributed by atoms with van der Waals surface area (Å²) in [6.45, 7) is 4.12. The molecule has 2 aromatic heterocycles. The quantitative estimate of drug-likeness (QED) is 0.124. The molecule has 52 heavy (non-hydrogen) atoms. The predicted molar refractivity (Wildman–Crippen MR) is 193 cm³/mol. The molecule has 4 aromatic carbocycles. The largest absolute Gasteiger partial charge is 0.494 e. The van der Waals surface area contributed by atoms with E-state index in [0.717, 1.165) is 11.1 Å². The maximum atomic E-state index is 12.6. The van der Waals surface area contributed by atoms with Crippen LogP contribution in [0.4, 0.5) is 0 Å². The summed E-state index contributed by atoms with van der Waals surface area (Å²) in [6, 6.07) is 16.4. The first-order valence-electron chi connectivity index (χ1n) is 16.4. The van der Waals surface area contributed by atoms with Gasteiger partial charge in [0.15, 0.2) is 11.5 Å². The van der Waals surface area contributed by atoms with Crippen LogP contribution in [0.1, 0.15) is 66.4 Å². The Hall–Kier alpha value is -6.70. The van der Waals surface area contributed by atoms with Crippen molar-refractivity contribution in [1.82, 2.24) is 19.1 Å². The van der Waals surface area contributed by atoms with Gasteiger partial charge in [-0.05, 0) is 60.4 Å². The molecule has 6 rings (SSSR count). The first-order chi connectivity index (χ1) is 25.0. The second kappa shape index (κ2) is 13.9. The molecule has 0 bridgehead atoms. The number of nitrogens with zero attached hydrogens (tertiary/aromatic N) is 4. The topological polar surface area (TPSA) is 215 Å². The average molecular weight is 705 g/mol. The summed E-state index contributed by atoms with van der Waals surface area (Å²) < 4.78 is 15.0. The number of amides is 2. The summed E-state index contributed by atoms with van der Waals surface area (Å²) in [5.41, 5.74) is 15.5. The second-order valence-corrected chi connectivity index (χ2v) is 11.9. The van der Waals surface area contributed by atoms with Gasteiger partial charge in [-0.15, -0.1) is 0 Å². The SMILES string of the molecule is CCc1cccc(C(=O)O)c1-c1nc2c(OC)c(C(N)=O)ccc2n1CCn1c(-c2c(CC)cccc2C(=O)O)nc2c(OC)c(C(N)=O)ccc21. The minimum atomic E-state index is -1.15. The fourth-order valence-corrected chi connectivity index (χ4v) is 6.84. The van der Waals surface area contributed by atoms with Gasteiger partial charge in [0, 0.05) is 24.2 Å². The van der Waals surface area contributed by atoms with Crippen molar-refractivity contribution in [2.75, 3.05) is 14.2 Å². The van der Waals surface area contributed by atoms with E-state index in [1.165, 1.54) is 38.5 Å². The second-order valence-electron chi connectivity index (χ2n) is 11.9. The Morgan fingerprint density at radius 2 is 1.00 bits per heavy atom. The molecule has 0 spiro atoms. The van der Waals surface area contributed by atoms with Crippen LogP contribution in [0.3, 0.4) is 0 Å². The van der Waals surface area contributed by atoms with Crippen LogP contribution >= 0.6 is 0 Å². The van der Waals surface area contributed by atoms with E-state index in [2.05, 4.69) is 0 Å². The molecule has 2 amide bonds. The Balaban J connectivity index is 1.67. The number of imidazole rings is 2. The van der Waals surface area contributed by atoms with Crippen LogP contribution in [0, 0.1) is 0 Å². The van der Waals surface area contributed by atoms with Gasteiger partial charge in [-0.25, -0.2) is 19.6 Å². The zero-order valence-electron chi connectivity index (χ0n) is 28.9. The number of ether oxygens (including phenoxy) is 2. The Kier molecular flexibility index (Phi) is 9.39. The number of hydrogen-bond acceptors (Lipinski definition) is 8. The van der Waals surface area contributed by atoms with Gasteiger partial charge >= 0.3 is 11.9 Å². The Morgan fingerprint density at radius 3 is 1.31 bits per heavy atom. The molecule has 0 radical (unpaired) electrons. The molecular weight excluding hydrogens is 668 g/mol. The van der Waals surface area contributed by atoms with E-state index in [1.54, 1.807) is 24.3 Å². The number of carbonyl (C=O) groups is 4. The van der Waals surface area contributed by atoms with E-state index in [4.69, 9.17) is 30.9 Å². The molecular formula is C38H36N6O8. The average Bonchev–Trinajstić information content (AvgIpc) is 3.69. The molecule has 0 atom stereocenters. The lowest BCUT2D eigenvalue weighted by Gasteiger charge is -2.17. The smallest absolute Gasteiger partial charge is 0.336 e. The lowest BCUT2D eigenvalue weighted by molar-refractivity contribution is 0.0686. The van der Waals surface area contributed by atoms with Crippen LogP contribution in [0.15, 0.2) is 60.7 Å². The summed E-state index contributed by atoms with van der Waals surface area (Å²) >= 11 is 0. The number of carbonyl (C=O) groups excluding carboxylic acids is 2. The third kappa shape index (κ3) is 5.73. The van der Waals surface area contributed by atoms with Gasteiger partial charge in [-0.2, -0.15) is 0 Å². The number of primary amides is 2. The van der Waals surface area contributed by atoms with Gasteiger partial charge in [0.25, 0.3) is 11.8 Å². The van der Waals surface area contributed by atoms with E-state index in [9.17, 15) is 29.4 Å². The number of aromatic nitrogens is 4. The highest BCUT2D eigenvalue weighted by Gasteiger charge is 2.28. The number of rotatable bonds is 13. The van der Waals surface area contributed by atoms with E-state index in [0.29, 0.717) is 57.7 Å². The zero-order valence-corrected chi connectivity index (χ0v) is 28.9. The number of carboxylic acid groups (broad SMARTS) is 2. The standard InChI is InChI=1S/C38H36N6O8/c1-5-19-9-7-11-21(37(47)48)27(19)35-41-29-25(15-13-23(33(39)45)31(29)51-3)43(35)17-18-44-26-16-14-24(34(40)46)32(52-4)30(26)42-36(44)28-20(6-2)10-8-12-22(28)38(49)50/h7-16H,5-6,17-18H2,1-4H3,(H2,39,45)(H2,40,46)(H,47,48)(H,49,50). The van der Waals surface area contributed by atoms with Gasteiger partial charge in [0.1, 0.15) is 22.7 Å². The molecule has 6 N–H and O–H groups in total. The first-order valence-corrected chi connectivity index (χ1v) is 16.4. The lowest BCUT2D eigenvalue weighted by Crippen LogP contribution is -2.14. The van der Waals surface area contributed by atoms with Crippen LogP contribution in [0.2, 0.25) is 0 Å². The van der Waals surface area contributed by atoms with Crippen LogP contribution in [0.5, 0.6) is 11.5 Å². The lowest BCUT2D eigenvalue weighted by atomic mass is 9.98. The number of aryl methyl sites for hydroxylation is 4. The number of benzene rings is 4. The number of aromatic carboxylic acids is 2. The van der Waals surface area contributed by atoms with Gasteiger partial charge < -0.3 is 40.3 Å². The number of hydrogen-bond donors (Lipinski definition) is 4. The van der Waals surface area contributed by atoms with Crippen molar-refractivity contribution in [3.05, 3.63) is 94.0 Å². The fourth-order valence-electron chi connectivity index (χ4n) is 6.84. The highest BCUT2D eigenvalue weighted by Crippen LogP contribution is 2.39. The highest BCUT2D eigenvalue weighted by molar-refractivity contribution is 6.04.